The van der Waals surface area contributed by atoms with Gasteiger partial charge in [0.2, 0.25) is 5.88 Å². The van der Waals surface area contributed by atoms with Gasteiger partial charge in [-0.15, -0.1) is 0 Å². The third-order valence-electron chi connectivity index (χ3n) is 3.00. The van der Waals surface area contributed by atoms with Gasteiger partial charge in [-0.3, -0.25) is 4.79 Å². The van der Waals surface area contributed by atoms with Crippen LogP contribution < -0.4 is 4.74 Å². The number of pyridine rings is 1. The second kappa shape index (κ2) is 5.06. The van der Waals surface area contributed by atoms with Gasteiger partial charge in [-0.1, -0.05) is 36.4 Å². The zero-order valence-corrected chi connectivity index (χ0v) is 10.4. The molecule has 3 heteroatoms. The molecule has 1 aromatic carbocycles. The topological polar surface area (TPSA) is 39.2 Å². The lowest BCUT2D eigenvalue weighted by Crippen LogP contribution is -2.16. The number of aromatic nitrogens is 1. The maximum Gasteiger partial charge on any atom is 0.224 e. The van der Waals surface area contributed by atoms with E-state index in [-0.39, 0.29) is 5.78 Å². The van der Waals surface area contributed by atoms with Crippen molar-refractivity contribution in [2.24, 2.45) is 0 Å². The second-order valence-electron chi connectivity index (χ2n) is 4.35. The fourth-order valence-electron chi connectivity index (χ4n) is 1.99. The second-order valence-corrected chi connectivity index (χ2v) is 4.35. The Kier molecular flexibility index (Phi) is 3.11. The van der Waals surface area contributed by atoms with Gasteiger partial charge in [0.25, 0.3) is 0 Å². The van der Waals surface area contributed by atoms with Crippen molar-refractivity contribution in [1.29, 1.82) is 0 Å². The number of ketones is 1. The summed E-state index contributed by atoms with van der Waals surface area (Å²) in [6.45, 7) is 0.421. The van der Waals surface area contributed by atoms with Crippen LogP contribution in [-0.4, -0.2) is 17.4 Å². The molecule has 3 rings (SSSR count). The fourth-order valence-corrected chi connectivity index (χ4v) is 1.99. The molecule has 0 atom stereocenters. The van der Waals surface area contributed by atoms with Crippen molar-refractivity contribution in [1.82, 2.24) is 4.98 Å². The summed E-state index contributed by atoms with van der Waals surface area (Å²) in [5.74, 6) is 0.554. The van der Waals surface area contributed by atoms with Crippen LogP contribution in [0.1, 0.15) is 28.0 Å². The molecule has 0 spiro atoms. The van der Waals surface area contributed by atoms with Crippen molar-refractivity contribution in [2.75, 3.05) is 6.61 Å². The molecule has 2 heterocycles. The number of carbonyl (C=O) groups excluding carboxylic acids is 1. The largest absolute Gasteiger partial charge is 0.477 e. The first kappa shape index (κ1) is 11.7. The van der Waals surface area contributed by atoms with E-state index >= 15 is 0 Å². The van der Waals surface area contributed by atoms with E-state index in [2.05, 4.69) is 4.98 Å². The van der Waals surface area contributed by atoms with Crippen molar-refractivity contribution in [3.05, 3.63) is 59.3 Å². The minimum absolute atomic E-state index is 0.104. The Morgan fingerprint density at radius 1 is 1.05 bits per heavy atom. The van der Waals surface area contributed by atoms with Crippen LogP contribution in [0.5, 0.6) is 5.88 Å². The highest BCUT2D eigenvalue weighted by Crippen LogP contribution is 2.23. The van der Waals surface area contributed by atoms with Crippen molar-refractivity contribution in [2.45, 2.75) is 6.42 Å². The summed E-state index contributed by atoms with van der Waals surface area (Å²) in [7, 11) is 0. The van der Waals surface area contributed by atoms with Gasteiger partial charge in [-0.2, -0.15) is 0 Å². The van der Waals surface area contributed by atoms with E-state index in [1.807, 2.05) is 48.6 Å². The standard InChI is InChI=1S/C16H13NO2/c18-15-10-11-19-16-14(15)9-8-13(17-16)7-6-12-4-2-1-3-5-12/h1-9H,10-11H2/b7-6+. The summed E-state index contributed by atoms with van der Waals surface area (Å²) in [4.78, 5) is 16.0. The maximum absolute atomic E-state index is 11.6. The number of fused-ring (bicyclic) bond motifs is 1. The minimum Gasteiger partial charge on any atom is -0.477 e. The van der Waals surface area contributed by atoms with Gasteiger partial charge in [0, 0.05) is 6.42 Å². The van der Waals surface area contributed by atoms with E-state index in [0.717, 1.165) is 11.3 Å². The molecule has 2 aromatic rings. The van der Waals surface area contributed by atoms with Crippen molar-refractivity contribution in [3.8, 4) is 5.88 Å². The molecule has 0 bridgehead atoms. The third kappa shape index (κ3) is 2.55. The van der Waals surface area contributed by atoms with E-state index in [4.69, 9.17) is 4.74 Å². The van der Waals surface area contributed by atoms with E-state index in [0.29, 0.717) is 24.5 Å². The normalized spacial score (nSPS) is 14.2. The molecule has 0 aliphatic carbocycles. The average molecular weight is 251 g/mol. The molecule has 3 nitrogen and oxygen atoms in total. The highest BCUT2D eigenvalue weighted by Gasteiger charge is 2.19. The Hall–Kier alpha value is -2.42. The molecule has 19 heavy (non-hydrogen) atoms. The number of ether oxygens (including phenoxy) is 1. The highest BCUT2D eigenvalue weighted by molar-refractivity contribution is 5.99. The first-order valence-electron chi connectivity index (χ1n) is 6.23. The number of hydrogen-bond acceptors (Lipinski definition) is 3. The highest BCUT2D eigenvalue weighted by atomic mass is 16.5. The molecule has 0 fully saturated rings. The zero-order chi connectivity index (χ0) is 13.1. The van der Waals surface area contributed by atoms with Crippen molar-refractivity contribution >= 4 is 17.9 Å². The molecular formula is C16H13NO2. The predicted molar refractivity (Wildman–Crippen MR) is 74.0 cm³/mol. The van der Waals surface area contributed by atoms with E-state index in [1.165, 1.54) is 0 Å². The monoisotopic (exact) mass is 251 g/mol. The number of carbonyl (C=O) groups is 1. The molecule has 0 saturated carbocycles. The zero-order valence-electron chi connectivity index (χ0n) is 10.4. The van der Waals surface area contributed by atoms with Gasteiger partial charge in [-0.05, 0) is 23.8 Å². The number of Topliss-reactive ketones (excluding diaryl/α,β-unsaturated/α-hetero) is 1. The first-order valence-corrected chi connectivity index (χ1v) is 6.23. The average Bonchev–Trinajstić information content (AvgIpc) is 2.46. The van der Waals surface area contributed by atoms with E-state index < -0.39 is 0 Å². The lowest BCUT2D eigenvalue weighted by Gasteiger charge is -2.14. The van der Waals surface area contributed by atoms with Crippen molar-refractivity contribution in [3.63, 3.8) is 0 Å². The van der Waals surface area contributed by atoms with E-state index in [1.54, 1.807) is 6.07 Å². The van der Waals surface area contributed by atoms with Crippen LogP contribution in [0, 0.1) is 0 Å². The van der Waals surface area contributed by atoms with Gasteiger partial charge in [0.1, 0.15) is 0 Å². The summed E-state index contributed by atoms with van der Waals surface area (Å²) in [6.07, 6.45) is 4.34. The Labute approximate surface area is 111 Å². The molecule has 1 aromatic heterocycles. The number of nitrogens with zero attached hydrogens (tertiary/aromatic N) is 1. The molecule has 0 amide bonds. The first-order chi connectivity index (χ1) is 9.33. The van der Waals surface area contributed by atoms with Gasteiger partial charge >= 0.3 is 0 Å². The van der Waals surface area contributed by atoms with Gasteiger partial charge in [0.05, 0.1) is 17.9 Å². The van der Waals surface area contributed by atoms with Crippen LogP contribution in [0.4, 0.5) is 0 Å². The lowest BCUT2D eigenvalue weighted by atomic mass is 10.1. The van der Waals surface area contributed by atoms with Crippen LogP contribution in [0.15, 0.2) is 42.5 Å². The van der Waals surface area contributed by atoms with Crippen LogP contribution >= 0.6 is 0 Å². The quantitative estimate of drug-likeness (QED) is 0.822. The van der Waals surface area contributed by atoms with E-state index in [9.17, 15) is 4.79 Å². The molecule has 0 saturated heterocycles. The summed E-state index contributed by atoms with van der Waals surface area (Å²) in [6, 6.07) is 13.6. The van der Waals surface area contributed by atoms with Crippen LogP contribution in [0.2, 0.25) is 0 Å². The Morgan fingerprint density at radius 2 is 1.89 bits per heavy atom. The SMILES string of the molecule is O=C1CCOc2nc(/C=C/c3ccccc3)ccc21. The number of rotatable bonds is 2. The number of benzene rings is 1. The Bertz CT molecular complexity index is 632. The molecule has 1 aliphatic heterocycles. The fraction of sp³-hybridized carbons (Fsp3) is 0.125. The Balaban J connectivity index is 1.87. The molecular weight excluding hydrogens is 238 g/mol. The van der Waals surface area contributed by atoms with Gasteiger partial charge in [0.15, 0.2) is 5.78 Å². The van der Waals surface area contributed by atoms with Gasteiger partial charge in [-0.25, -0.2) is 4.98 Å². The molecule has 0 radical (unpaired) electrons. The van der Waals surface area contributed by atoms with Crippen LogP contribution in [-0.2, 0) is 0 Å². The third-order valence-corrected chi connectivity index (χ3v) is 3.00. The van der Waals surface area contributed by atoms with Crippen LogP contribution in [0.3, 0.4) is 0 Å². The molecule has 0 N–H and O–H groups in total. The summed E-state index contributed by atoms with van der Waals surface area (Å²) < 4.78 is 5.42. The van der Waals surface area contributed by atoms with Crippen molar-refractivity contribution < 1.29 is 9.53 Å². The predicted octanol–water partition coefficient (Wildman–Crippen LogP) is 3.22. The number of hydrogen-bond donors (Lipinski definition) is 0. The summed E-state index contributed by atoms with van der Waals surface area (Å²) in [5.41, 5.74) is 2.49. The minimum atomic E-state index is 0.104. The summed E-state index contributed by atoms with van der Waals surface area (Å²) in [5, 5.41) is 0. The smallest absolute Gasteiger partial charge is 0.224 e. The lowest BCUT2D eigenvalue weighted by molar-refractivity contribution is 0.0929. The Morgan fingerprint density at radius 3 is 2.74 bits per heavy atom. The molecule has 0 unspecified atom stereocenters. The molecule has 1 aliphatic rings. The molecule has 94 valence electrons. The van der Waals surface area contributed by atoms with Crippen LogP contribution in [0.25, 0.3) is 12.2 Å². The van der Waals surface area contributed by atoms with Gasteiger partial charge < -0.3 is 4.74 Å². The summed E-state index contributed by atoms with van der Waals surface area (Å²) >= 11 is 0. The maximum atomic E-state index is 11.6.